The van der Waals surface area contributed by atoms with Crippen molar-refractivity contribution in [3.8, 4) is 16.7 Å². The second-order valence-corrected chi connectivity index (χ2v) is 5.21. The van der Waals surface area contributed by atoms with Crippen LogP contribution in [0.15, 0.2) is 24.3 Å². The Kier molecular flexibility index (Phi) is 4.74. The molecule has 1 aromatic carbocycles. The molecule has 0 fully saturated rings. The second kappa shape index (κ2) is 6.52. The van der Waals surface area contributed by atoms with Crippen LogP contribution in [0.1, 0.15) is 38.9 Å². The van der Waals surface area contributed by atoms with Crippen LogP contribution in [0.4, 0.5) is 0 Å². The van der Waals surface area contributed by atoms with Crippen molar-refractivity contribution in [3.05, 3.63) is 30.1 Å². The molecule has 2 rings (SSSR count). The minimum Gasteiger partial charge on any atom is -0.494 e. The van der Waals surface area contributed by atoms with Gasteiger partial charge in [-0.25, -0.2) is 0 Å². The summed E-state index contributed by atoms with van der Waals surface area (Å²) < 4.78 is 15.4. The van der Waals surface area contributed by atoms with Crippen LogP contribution in [-0.4, -0.2) is 16.0 Å². The van der Waals surface area contributed by atoms with Crippen LogP contribution >= 0.6 is 11.5 Å². The molecule has 0 bridgehead atoms. The molecule has 0 N–H and O–H groups in total. The van der Waals surface area contributed by atoms with Crippen LogP contribution in [-0.2, 0) is 0 Å². The smallest absolute Gasteiger partial charge is 0.298 e. The number of ether oxygens (including phenoxy) is 2. The molecule has 0 radical (unpaired) electrons. The molecule has 0 spiro atoms. The molecule has 1 heterocycles. The van der Waals surface area contributed by atoms with Crippen molar-refractivity contribution < 1.29 is 9.47 Å². The summed E-state index contributed by atoms with van der Waals surface area (Å²) in [6, 6.07) is 7.55. The Balaban J connectivity index is 1.98. The van der Waals surface area contributed by atoms with Crippen molar-refractivity contribution >= 4 is 11.5 Å². The zero-order chi connectivity index (χ0) is 13.7. The molecule has 102 valence electrons. The summed E-state index contributed by atoms with van der Waals surface area (Å²) >= 11 is 1.28. The maximum Gasteiger partial charge on any atom is 0.298 e. The molecule has 5 heteroatoms. The minimum absolute atomic E-state index is 0.318. The van der Waals surface area contributed by atoms with Crippen LogP contribution in [0, 0.1) is 0 Å². The summed E-state index contributed by atoms with van der Waals surface area (Å²) in [5.41, 5.74) is 0. The molecule has 1 aromatic heterocycles. The number of hydrogen-bond acceptors (Lipinski definition) is 5. The van der Waals surface area contributed by atoms with E-state index >= 15 is 0 Å². The number of rotatable bonds is 6. The predicted octanol–water partition coefficient (Wildman–Crippen LogP) is 4.24. The topological polar surface area (TPSA) is 44.2 Å². The molecule has 0 aliphatic carbocycles. The molecule has 4 nitrogen and oxygen atoms in total. The van der Waals surface area contributed by atoms with Crippen LogP contribution in [0.3, 0.4) is 0 Å². The first-order valence-electron chi connectivity index (χ1n) is 6.43. The van der Waals surface area contributed by atoms with E-state index < -0.39 is 0 Å². The van der Waals surface area contributed by atoms with Crippen LogP contribution < -0.4 is 9.47 Å². The van der Waals surface area contributed by atoms with E-state index in [0.717, 1.165) is 30.4 Å². The minimum atomic E-state index is 0.318. The standard InChI is InChI=1S/C14H18N2O2S/c1-4-9-17-11-5-7-12(8-6-11)18-14-15-13(10(2)3)16-19-14/h5-8,10H,4,9H2,1-3H3. The zero-order valence-electron chi connectivity index (χ0n) is 11.4. The highest BCUT2D eigenvalue weighted by atomic mass is 32.1. The lowest BCUT2D eigenvalue weighted by Crippen LogP contribution is -1.94. The summed E-state index contributed by atoms with van der Waals surface area (Å²) in [7, 11) is 0. The average molecular weight is 278 g/mol. The molecule has 0 atom stereocenters. The maximum atomic E-state index is 5.66. The van der Waals surface area contributed by atoms with Gasteiger partial charge in [-0.2, -0.15) is 9.36 Å². The monoisotopic (exact) mass is 278 g/mol. The number of nitrogens with zero attached hydrogens (tertiary/aromatic N) is 2. The Morgan fingerprint density at radius 2 is 1.84 bits per heavy atom. The van der Waals surface area contributed by atoms with Crippen molar-refractivity contribution in [3.63, 3.8) is 0 Å². The molecule has 0 unspecified atom stereocenters. The van der Waals surface area contributed by atoms with Crippen molar-refractivity contribution in [2.75, 3.05) is 6.61 Å². The van der Waals surface area contributed by atoms with Gasteiger partial charge in [-0.1, -0.05) is 20.8 Å². The Bertz CT molecular complexity index is 508. The highest BCUT2D eigenvalue weighted by molar-refractivity contribution is 7.07. The van der Waals surface area contributed by atoms with Crippen molar-refractivity contribution in [1.82, 2.24) is 9.36 Å². The van der Waals surface area contributed by atoms with Crippen LogP contribution in [0.5, 0.6) is 16.7 Å². The first-order valence-corrected chi connectivity index (χ1v) is 7.20. The Labute approximate surface area is 117 Å². The first-order chi connectivity index (χ1) is 9.19. The van der Waals surface area contributed by atoms with Crippen molar-refractivity contribution in [2.24, 2.45) is 0 Å². The van der Waals surface area contributed by atoms with E-state index in [1.54, 1.807) is 0 Å². The Morgan fingerprint density at radius 3 is 2.42 bits per heavy atom. The van der Waals surface area contributed by atoms with Gasteiger partial charge in [0.15, 0.2) is 0 Å². The van der Waals surface area contributed by atoms with E-state index in [-0.39, 0.29) is 0 Å². The number of hydrogen-bond donors (Lipinski definition) is 0. The fourth-order valence-electron chi connectivity index (χ4n) is 1.42. The molecule has 2 aromatic rings. The second-order valence-electron chi connectivity index (χ2n) is 4.50. The van der Waals surface area contributed by atoms with Gasteiger partial charge in [0.1, 0.15) is 17.3 Å². The molecular weight excluding hydrogens is 260 g/mol. The molecule has 0 aliphatic heterocycles. The van der Waals surface area contributed by atoms with E-state index in [4.69, 9.17) is 9.47 Å². The van der Waals surface area contributed by atoms with E-state index in [1.807, 2.05) is 24.3 Å². The molecule has 0 saturated heterocycles. The highest BCUT2D eigenvalue weighted by Crippen LogP contribution is 2.26. The summed E-state index contributed by atoms with van der Waals surface area (Å²) in [5.74, 6) is 2.74. The van der Waals surface area contributed by atoms with E-state index in [2.05, 4.69) is 30.1 Å². The third-order valence-electron chi connectivity index (χ3n) is 2.44. The number of aromatic nitrogens is 2. The molecule has 0 saturated carbocycles. The van der Waals surface area contributed by atoms with Gasteiger partial charge in [0, 0.05) is 17.5 Å². The van der Waals surface area contributed by atoms with Gasteiger partial charge < -0.3 is 9.47 Å². The van der Waals surface area contributed by atoms with E-state index in [0.29, 0.717) is 11.1 Å². The molecule has 0 aliphatic rings. The average Bonchev–Trinajstić information content (AvgIpc) is 2.87. The lowest BCUT2D eigenvalue weighted by molar-refractivity contribution is 0.317. The fraction of sp³-hybridized carbons (Fsp3) is 0.429. The van der Waals surface area contributed by atoms with E-state index in [1.165, 1.54) is 11.5 Å². The number of benzene rings is 1. The molecule has 19 heavy (non-hydrogen) atoms. The molecular formula is C14H18N2O2S. The lowest BCUT2D eigenvalue weighted by atomic mass is 10.2. The van der Waals surface area contributed by atoms with Gasteiger partial charge in [-0.05, 0) is 30.7 Å². The van der Waals surface area contributed by atoms with Gasteiger partial charge in [0.05, 0.1) is 6.61 Å². The zero-order valence-corrected chi connectivity index (χ0v) is 12.2. The third kappa shape index (κ3) is 3.92. The van der Waals surface area contributed by atoms with E-state index in [9.17, 15) is 0 Å². The Morgan fingerprint density at radius 1 is 1.16 bits per heavy atom. The largest absolute Gasteiger partial charge is 0.494 e. The fourth-order valence-corrected chi connectivity index (χ4v) is 2.11. The predicted molar refractivity (Wildman–Crippen MR) is 76.3 cm³/mol. The normalized spacial score (nSPS) is 10.7. The maximum absolute atomic E-state index is 5.66. The summed E-state index contributed by atoms with van der Waals surface area (Å²) in [4.78, 5) is 4.33. The lowest BCUT2D eigenvalue weighted by Gasteiger charge is -2.05. The van der Waals surface area contributed by atoms with Crippen LogP contribution in [0.2, 0.25) is 0 Å². The van der Waals surface area contributed by atoms with Gasteiger partial charge in [-0.3, -0.25) is 0 Å². The third-order valence-corrected chi connectivity index (χ3v) is 3.05. The van der Waals surface area contributed by atoms with Crippen LogP contribution in [0.25, 0.3) is 0 Å². The summed E-state index contributed by atoms with van der Waals surface area (Å²) in [6.45, 7) is 6.94. The Hall–Kier alpha value is -1.62. The van der Waals surface area contributed by atoms with Gasteiger partial charge in [0.25, 0.3) is 5.19 Å². The van der Waals surface area contributed by atoms with Gasteiger partial charge in [0.2, 0.25) is 0 Å². The molecule has 0 amide bonds. The quantitative estimate of drug-likeness (QED) is 0.792. The van der Waals surface area contributed by atoms with Gasteiger partial charge in [-0.15, -0.1) is 0 Å². The van der Waals surface area contributed by atoms with Gasteiger partial charge >= 0.3 is 0 Å². The van der Waals surface area contributed by atoms with Crippen molar-refractivity contribution in [1.29, 1.82) is 0 Å². The first kappa shape index (κ1) is 13.8. The summed E-state index contributed by atoms with van der Waals surface area (Å²) in [6.07, 6.45) is 1.00. The SMILES string of the molecule is CCCOc1ccc(Oc2nc(C(C)C)ns2)cc1. The highest BCUT2D eigenvalue weighted by Gasteiger charge is 2.09. The van der Waals surface area contributed by atoms with Crippen molar-refractivity contribution in [2.45, 2.75) is 33.1 Å². The summed E-state index contributed by atoms with van der Waals surface area (Å²) in [5, 5.41) is 0.575.